The summed E-state index contributed by atoms with van der Waals surface area (Å²) in [5, 5.41) is 0. The Morgan fingerprint density at radius 3 is 2.33 bits per heavy atom. The van der Waals surface area contributed by atoms with Gasteiger partial charge in [-0.1, -0.05) is 0 Å². The number of methoxy groups -OCH3 is 1. The van der Waals surface area contributed by atoms with Gasteiger partial charge in [-0.05, 0) is 4.53 Å². The van der Waals surface area contributed by atoms with E-state index in [2.05, 4.69) is 9.68 Å². The number of ether oxygens (including phenoxy) is 1. The van der Waals surface area contributed by atoms with Crippen molar-refractivity contribution in [2.45, 2.75) is 0 Å². The predicted molar refractivity (Wildman–Crippen MR) is 18.9 cm³/mol. The Morgan fingerprint density at radius 2 is 2.17 bits per heavy atom. The molecule has 6 heavy (non-hydrogen) atoms. The normalized spacial score (nSPS) is 9.00. The summed E-state index contributed by atoms with van der Waals surface area (Å²) in [5.74, 6) is 0. The van der Waals surface area contributed by atoms with E-state index in [1.165, 1.54) is 7.11 Å². The molecule has 0 N–H and O–H groups in total. The molecule has 0 rings (SSSR count). The van der Waals surface area contributed by atoms with E-state index < -0.39 is 0 Å². The van der Waals surface area contributed by atoms with E-state index in [0.717, 1.165) is 0 Å². The molecule has 38 valence electrons. The van der Waals surface area contributed by atoms with Gasteiger partial charge in [0.15, 0.2) is 0 Å². The average Bonchev–Trinajstić information content (AvgIpc) is 1.61. The monoisotopic (exact) mass is 94.0 g/mol. The Kier molecular flexibility index (Phi) is 4.73. The first-order valence-corrected chi connectivity index (χ1v) is 1.64. The minimum absolute atomic E-state index is 0.0243. The molecular formula is C3H7FO2. The van der Waals surface area contributed by atoms with Crippen LogP contribution in [0.1, 0.15) is 0 Å². The summed E-state index contributed by atoms with van der Waals surface area (Å²) in [5.41, 5.74) is 0. The summed E-state index contributed by atoms with van der Waals surface area (Å²) in [4.78, 5) is 3.16. The Labute approximate surface area is 35.8 Å². The van der Waals surface area contributed by atoms with Crippen molar-refractivity contribution in [1.82, 2.24) is 0 Å². The molecule has 0 heterocycles. The van der Waals surface area contributed by atoms with E-state index in [-0.39, 0.29) is 6.61 Å². The van der Waals surface area contributed by atoms with E-state index in [9.17, 15) is 4.53 Å². The summed E-state index contributed by atoms with van der Waals surface area (Å²) in [6.07, 6.45) is 0. The molecule has 0 aromatic carbocycles. The first-order chi connectivity index (χ1) is 2.91. The fraction of sp³-hybridized carbons (Fsp3) is 1.00. The average molecular weight is 94.1 g/mol. The third-order valence-corrected chi connectivity index (χ3v) is 0.365. The van der Waals surface area contributed by atoms with Crippen LogP contribution in [0.2, 0.25) is 0 Å². The number of halogens is 1. The van der Waals surface area contributed by atoms with Gasteiger partial charge in [0.25, 0.3) is 0 Å². The highest BCUT2D eigenvalue weighted by Crippen LogP contribution is 1.71. The van der Waals surface area contributed by atoms with Crippen LogP contribution in [0.4, 0.5) is 4.53 Å². The van der Waals surface area contributed by atoms with Gasteiger partial charge in [-0.25, -0.2) is 0 Å². The Balaban J connectivity index is 2.34. The second-order valence-corrected chi connectivity index (χ2v) is 0.806. The highest BCUT2D eigenvalue weighted by molar-refractivity contribution is 4.15. The highest BCUT2D eigenvalue weighted by atomic mass is 19.3. The SMILES string of the molecule is COCCOF. The molecule has 0 aliphatic heterocycles. The van der Waals surface area contributed by atoms with Crippen molar-refractivity contribution in [2.24, 2.45) is 0 Å². The lowest BCUT2D eigenvalue weighted by Gasteiger charge is -1.87. The topological polar surface area (TPSA) is 18.5 Å². The molecule has 0 aromatic heterocycles. The zero-order valence-corrected chi connectivity index (χ0v) is 3.61. The van der Waals surface area contributed by atoms with Crippen LogP contribution in [0.15, 0.2) is 0 Å². The van der Waals surface area contributed by atoms with Crippen LogP contribution in [0.5, 0.6) is 0 Å². The summed E-state index contributed by atoms with van der Waals surface area (Å²) < 4.78 is 15.0. The number of hydrogen-bond acceptors (Lipinski definition) is 2. The molecule has 0 saturated heterocycles. The molecule has 0 radical (unpaired) electrons. The minimum atomic E-state index is 0.0243. The quantitative estimate of drug-likeness (QED) is 0.475. The second kappa shape index (κ2) is 4.85. The second-order valence-electron chi connectivity index (χ2n) is 0.806. The van der Waals surface area contributed by atoms with Crippen LogP contribution in [0, 0.1) is 0 Å². The van der Waals surface area contributed by atoms with Crippen molar-refractivity contribution >= 4 is 0 Å². The van der Waals surface area contributed by atoms with Gasteiger partial charge in [0.2, 0.25) is 0 Å². The summed E-state index contributed by atoms with van der Waals surface area (Å²) >= 11 is 0. The first-order valence-electron chi connectivity index (χ1n) is 1.64. The molecule has 0 spiro atoms. The van der Waals surface area contributed by atoms with Crippen LogP contribution in [-0.2, 0) is 9.68 Å². The summed E-state index contributed by atoms with van der Waals surface area (Å²) in [6.45, 7) is 0.340. The highest BCUT2D eigenvalue weighted by Gasteiger charge is 1.77. The largest absolute Gasteiger partial charge is 0.382 e. The Hall–Kier alpha value is -0.150. The van der Waals surface area contributed by atoms with Crippen LogP contribution in [0.25, 0.3) is 0 Å². The first kappa shape index (κ1) is 5.85. The van der Waals surface area contributed by atoms with E-state index >= 15 is 0 Å². The van der Waals surface area contributed by atoms with Crippen LogP contribution >= 0.6 is 0 Å². The summed E-state index contributed by atoms with van der Waals surface area (Å²) in [6, 6.07) is 0. The molecule has 0 fully saturated rings. The van der Waals surface area contributed by atoms with E-state index in [1.807, 2.05) is 0 Å². The van der Waals surface area contributed by atoms with Gasteiger partial charge >= 0.3 is 0 Å². The third kappa shape index (κ3) is 3.85. The van der Waals surface area contributed by atoms with Crippen LogP contribution in [0.3, 0.4) is 0 Å². The molecule has 0 bridgehead atoms. The van der Waals surface area contributed by atoms with Crippen molar-refractivity contribution in [3.8, 4) is 0 Å². The van der Waals surface area contributed by atoms with Crippen molar-refractivity contribution in [3.05, 3.63) is 0 Å². The van der Waals surface area contributed by atoms with Crippen molar-refractivity contribution in [1.29, 1.82) is 0 Å². The van der Waals surface area contributed by atoms with Gasteiger partial charge < -0.3 is 4.74 Å². The molecular weight excluding hydrogens is 87.0 g/mol. The standard InChI is InChI=1S/C3H7FO2/c1-5-2-3-6-4/h2-3H2,1H3. The van der Waals surface area contributed by atoms with Crippen LogP contribution in [-0.4, -0.2) is 20.3 Å². The molecule has 2 nitrogen and oxygen atoms in total. The van der Waals surface area contributed by atoms with Crippen molar-refractivity contribution < 1.29 is 14.2 Å². The maximum Gasteiger partial charge on any atom is 0.111 e. The Morgan fingerprint density at radius 1 is 1.50 bits per heavy atom. The van der Waals surface area contributed by atoms with Gasteiger partial charge in [-0.15, -0.1) is 0 Å². The molecule has 0 saturated carbocycles. The van der Waals surface area contributed by atoms with E-state index in [1.54, 1.807) is 0 Å². The Bertz CT molecular complexity index is 20.8. The minimum Gasteiger partial charge on any atom is -0.382 e. The van der Waals surface area contributed by atoms with Gasteiger partial charge in [-0.2, -0.15) is 4.94 Å². The molecule has 0 unspecified atom stereocenters. The fourth-order valence-corrected chi connectivity index (χ4v) is 0.115. The molecule has 3 heteroatoms. The van der Waals surface area contributed by atoms with Gasteiger partial charge in [0, 0.05) is 7.11 Å². The van der Waals surface area contributed by atoms with Crippen molar-refractivity contribution in [3.63, 3.8) is 0 Å². The van der Waals surface area contributed by atoms with E-state index in [4.69, 9.17) is 0 Å². The maximum atomic E-state index is 10.6. The summed E-state index contributed by atoms with van der Waals surface area (Å²) in [7, 11) is 1.49. The maximum absolute atomic E-state index is 10.6. The van der Waals surface area contributed by atoms with E-state index in [0.29, 0.717) is 6.61 Å². The molecule has 0 atom stereocenters. The lowest BCUT2D eigenvalue weighted by atomic mass is 10.8. The van der Waals surface area contributed by atoms with Gasteiger partial charge in [0.1, 0.15) is 6.61 Å². The lowest BCUT2D eigenvalue weighted by molar-refractivity contribution is -0.143. The van der Waals surface area contributed by atoms with Crippen molar-refractivity contribution in [2.75, 3.05) is 20.3 Å². The predicted octanol–water partition coefficient (Wildman–Crippen LogP) is 0.534. The zero-order chi connectivity index (χ0) is 4.83. The fourth-order valence-electron chi connectivity index (χ4n) is 0.115. The van der Waals surface area contributed by atoms with Crippen LogP contribution < -0.4 is 0 Å². The zero-order valence-electron chi connectivity index (χ0n) is 3.61. The molecule has 0 amide bonds. The molecule has 0 aliphatic carbocycles. The molecule has 0 aliphatic rings. The lowest BCUT2D eigenvalue weighted by Crippen LogP contribution is -1.94. The molecule has 0 aromatic rings. The van der Waals surface area contributed by atoms with Gasteiger partial charge in [0.05, 0.1) is 6.61 Å². The third-order valence-electron chi connectivity index (χ3n) is 0.365. The smallest absolute Gasteiger partial charge is 0.111 e. The van der Waals surface area contributed by atoms with Gasteiger partial charge in [-0.3, -0.25) is 0 Å². The number of rotatable bonds is 3. The number of hydrogen-bond donors (Lipinski definition) is 0.